The van der Waals surface area contributed by atoms with Crippen molar-refractivity contribution in [3.05, 3.63) is 24.3 Å². The Morgan fingerprint density at radius 1 is 1.42 bits per heavy atom. The van der Waals surface area contributed by atoms with E-state index in [4.69, 9.17) is 10.5 Å². The van der Waals surface area contributed by atoms with Crippen molar-refractivity contribution in [1.29, 1.82) is 0 Å². The summed E-state index contributed by atoms with van der Waals surface area (Å²) in [5, 5.41) is 0. The van der Waals surface area contributed by atoms with Crippen molar-refractivity contribution in [3.8, 4) is 0 Å². The highest BCUT2D eigenvalue weighted by Gasteiger charge is 2.26. The summed E-state index contributed by atoms with van der Waals surface area (Å²) in [5.74, 6) is 0.408. The number of imidazole rings is 1. The van der Waals surface area contributed by atoms with Gasteiger partial charge in [-0.25, -0.2) is 9.78 Å². The Kier molecular flexibility index (Phi) is 3.74. The number of methoxy groups -OCH3 is 1. The fourth-order valence-corrected chi connectivity index (χ4v) is 2.28. The zero-order valence-corrected chi connectivity index (χ0v) is 11.5. The van der Waals surface area contributed by atoms with Crippen LogP contribution in [0.1, 0.15) is 26.3 Å². The van der Waals surface area contributed by atoms with E-state index in [-0.39, 0.29) is 5.97 Å². The number of anilines is 1. The Bertz CT molecular complexity index is 589. The number of nitrogens with zero attached hydrogens (tertiary/aromatic N) is 2. The van der Waals surface area contributed by atoms with Crippen molar-refractivity contribution >= 4 is 23.0 Å². The molecule has 2 rings (SSSR count). The van der Waals surface area contributed by atoms with Gasteiger partial charge in [0, 0.05) is 0 Å². The van der Waals surface area contributed by atoms with E-state index in [1.54, 1.807) is 4.57 Å². The number of nitrogen functional groups attached to an aromatic ring is 1. The van der Waals surface area contributed by atoms with Crippen LogP contribution in [0, 0.1) is 5.92 Å². The highest BCUT2D eigenvalue weighted by Crippen LogP contribution is 2.27. The Hall–Kier alpha value is -2.04. The number of nitrogens with two attached hydrogens (primary N) is 1. The van der Waals surface area contributed by atoms with Gasteiger partial charge < -0.3 is 10.5 Å². The maximum absolute atomic E-state index is 12.0. The van der Waals surface area contributed by atoms with Crippen LogP contribution >= 0.6 is 0 Å². The van der Waals surface area contributed by atoms with Crippen LogP contribution in [0.3, 0.4) is 0 Å². The third-order valence-corrected chi connectivity index (χ3v) is 3.10. The lowest BCUT2D eigenvalue weighted by molar-refractivity contribution is -0.145. The third-order valence-electron chi connectivity index (χ3n) is 3.10. The van der Waals surface area contributed by atoms with E-state index in [2.05, 4.69) is 18.8 Å². The zero-order valence-electron chi connectivity index (χ0n) is 11.5. The summed E-state index contributed by atoms with van der Waals surface area (Å²) in [5.41, 5.74) is 7.61. The number of carbonyl (C=O) groups excluding carboxylic acids is 1. The Balaban J connectivity index is 2.55. The summed E-state index contributed by atoms with van der Waals surface area (Å²) >= 11 is 0. The van der Waals surface area contributed by atoms with Crippen LogP contribution in [0.2, 0.25) is 0 Å². The molecule has 1 atom stereocenters. The third kappa shape index (κ3) is 2.54. The number of carbonyl (C=O) groups is 1. The number of fused-ring (bicyclic) bond motifs is 1. The fraction of sp³-hybridized carbons (Fsp3) is 0.429. The van der Waals surface area contributed by atoms with Crippen LogP contribution in [0.5, 0.6) is 0 Å². The first-order valence-corrected chi connectivity index (χ1v) is 6.35. The molecular weight excluding hydrogens is 242 g/mol. The lowest BCUT2D eigenvalue weighted by atomic mass is 10.0. The van der Waals surface area contributed by atoms with E-state index in [9.17, 15) is 4.79 Å². The van der Waals surface area contributed by atoms with Gasteiger partial charge in [0.25, 0.3) is 0 Å². The Labute approximate surface area is 112 Å². The molecule has 0 radical (unpaired) electrons. The van der Waals surface area contributed by atoms with Crippen molar-refractivity contribution in [2.24, 2.45) is 5.92 Å². The van der Waals surface area contributed by atoms with Gasteiger partial charge in [-0.15, -0.1) is 0 Å². The molecular formula is C14H19N3O2. The molecule has 0 saturated heterocycles. The summed E-state index contributed by atoms with van der Waals surface area (Å²) in [6.07, 6.45) is 0.664. The normalized spacial score (nSPS) is 12.8. The molecule has 1 heterocycles. The van der Waals surface area contributed by atoms with E-state index in [1.807, 2.05) is 24.3 Å². The molecule has 0 bridgehead atoms. The quantitative estimate of drug-likeness (QED) is 0.858. The molecule has 2 N–H and O–H groups in total. The molecule has 102 valence electrons. The summed E-state index contributed by atoms with van der Waals surface area (Å²) in [6.45, 7) is 4.12. The average molecular weight is 261 g/mol. The van der Waals surface area contributed by atoms with Crippen LogP contribution in [-0.2, 0) is 9.53 Å². The van der Waals surface area contributed by atoms with Crippen LogP contribution < -0.4 is 5.73 Å². The predicted octanol–water partition coefficient (Wildman–Crippen LogP) is 2.38. The minimum Gasteiger partial charge on any atom is -0.467 e. The van der Waals surface area contributed by atoms with Crippen molar-refractivity contribution < 1.29 is 9.53 Å². The molecule has 0 aliphatic rings. The molecule has 0 spiro atoms. The van der Waals surface area contributed by atoms with Gasteiger partial charge in [0.05, 0.1) is 18.1 Å². The average Bonchev–Trinajstić information content (AvgIpc) is 2.70. The van der Waals surface area contributed by atoms with Crippen LogP contribution in [-0.4, -0.2) is 22.6 Å². The highest BCUT2D eigenvalue weighted by atomic mass is 16.5. The molecule has 19 heavy (non-hydrogen) atoms. The van der Waals surface area contributed by atoms with Gasteiger partial charge in [0.1, 0.15) is 6.04 Å². The smallest absolute Gasteiger partial charge is 0.328 e. The lowest BCUT2D eigenvalue weighted by Gasteiger charge is -2.20. The molecule has 0 aliphatic heterocycles. The first kappa shape index (κ1) is 13.4. The number of ether oxygens (including phenoxy) is 1. The fourth-order valence-electron chi connectivity index (χ4n) is 2.28. The lowest BCUT2D eigenvalue weighted by Crippen LogP contribution is -2.23. The Morgan fingerprint density at radius 2 is 2.11 bits per heavy atom. The minimum absolute atomic E-state index is 0.288. The SMILES string of the molecule is COC(=O)C(CC(C)C)n1c(N)nc2ccccc21. The number of aromatic nitrogens is 2. The van der Waals surface area contributed by atoms with Gasteiger partial charge in [0.15, 0.2) is 0 Å². The first-order chi connectivity index (χ1) is 9.04. The number of hydrogen-bond acceptors (Lipinski definition) is 4. The van der Waals surface area contributed by atoms with Gasteiger partial charge in [-0.2, -0.15) is 0 Å². The molecule has 1 unspecified atom stereocenters. The number of esters is 1. The van der Waals surface area contributed by atoms with Crippen molar-refractivity contribution in [3.63, 3.8) is 0 Å². The molecule has 0 aliphatic carbocycles. The van der Waals surface area contributed by atoms with Gasteiger partial charge in [-0.3, -0.25) is 4.57 Å². The summed E-state index contributed by atoms with van der Waals surface area (Å²) in [4.78, 5) is 16.3. The molecule has 0 fully saturated rings. The molecule has 1 aromatic heterocycles. The van der Waals surface area contributed by atoms with Gasteiger partial charge in [-0.05, 0) is 24.5 Å². The van der Waals surface area contributed by atoms with E-state index in [1.165, 1.54) is 7.11 Å². The minimum atomic E-state index is -0.433. The second-order valence-electron chi connectivity index (χ2n) is 5.00. The molecule has 0 amide bonds. The number of benzene rings is 1. The maximum atomic E-state index is 12.0. The van der Waals surface area contributed by atoms with Gasteiger partial charge in [-0.1, -0.05) is 26.0 Å². The van der Waals surface area contributed by atoms with Crippen molar-refractivity contribution in [1.82, 2.24) is 9.55 Å². The van der Waals surface area contributed by atoms with E-state index < -0.39 is 6.04 Å². The summed E-state index contributed by atoms with van der Waals surface area (Å²) < 4.78 is 6.66. The molecule has 1 aromatic carbocycles. The topological polar surface area (TPSA) is 70.1 Å². The highest BCUT2D eigenvalue weighted by molar-refractivity contribution is 5.83. The number of hydrogen-bond donors (Lipinski definition) is 1. The van der Waals surface area contributed by atoms with Crippen molar-refractivity contribution in [2.45, 2.75) is 26.3 Å². The maximum Gasteiger partial charge on any atom is 0.328 e. The molecule has 0 saturated carbocycles. The second kappa shape index (κ2) is 5.30. The van der Waals surface area contributed by atoms with Crippen LogP contribution in [0.25, 0.3) is 11.0 Å². The van der Waals surface area contributed by atoms with E-state index >= 15 is 0 Å². The van der Waals surface area contributed by atoms with Gasteiger partial charge >= 0.3 is 5.97 Å². The number of rotatable bonds is 4. The zero-order chi connectivity index (χ0) is 14.0. The van der Waals surface area contributed by atoms with E-state index in [0.717, 1.165) is 11.0 Å². The Morgan fingerprint density at radius 3 is 2.74 bits per heavy atom. The molecule has 5 heteroatoms. The first-order valence-electron chi connectivity index (χ1n) is 6.35. The largest absolute Gasteiger partial charge is 0.467 e. The summed E-state index contributed by atoms with van der Waals surface area (Å²) in [6, 6.07) is 7.16. The van der Waals surface area contributed by atoms with Crippen LogP contribution in [0.4, 0.5) is 5.95 Å². The van der Waals surface area contributed by atoms with Crippen LogP contribution in [0.15, 0.2) is 24.3 Å². The summed E-state index contributed by atoms with van der Waals surface area (Å²) in [7, 11) is 1.39. The monoisotopic (exact) mass is 261 g/mol. The standard InChI is InChI=1S/C14H19N3O2/c1-9(2)8-12(13(18)19-3)17-11-7-5-4-6-10(11)16-14(17)15/h4-7,9,12H,8H2,1-3H3,(H2,15,16). The second-order valence-corrected chi connectivity index (χ2v) is 5.00. The molecule has 5 nitrogen and oxygen atoms in total. The molecule has 2 aromatic rings. The van der Waals surface area contributed by atoms with Crippen molar-refractivity contribution in [2.75, 3.05) is 12.8 Å². The van der Waals surface area contributed by atoms with Gasteiger partial charge in [0.2, 0.25) is 5.95 Å². The van der Waals surface area contributed by atoms with E-state index in [0.29, 0.717) is 18.3 Å². The number of para-hydroxylation sites is 2. The predicted molar refractivity (Wildman–Crippen MR) is 74.7 cm³/mol.